The molecule has 13 aromatic carbocycles. The van der Waals surface area contributed by atoms with Crippen LogP contribution in [-0.4, -0.2) is 4.57 Å². The molecule has 0 saturated carbocycles. The van der Waals surface area contributed by atoms with Gasteiger partial charge >= 0.3 is 0 Å². The topological polar surface area (TPSA) is 21.3 Å². The second-order valence-corrected chi connectivity index (χ2v) is 20.7. The monoisotopic (exact) mass is 964 g/mol. The van der Waals surface area contributed by atoms with Crippen molar-refractivity contribution in [3.63, 3.8) is 0 Å². The Balaban J connectivity index is 0.930. The maximum Gasteiger partial charge on any atom is 0.135 e. The maximum atomic E-state index is 6.35. The van der Waals surface area contributed by atoms with Gasteiger partial charge in [0, 0.05) is 38.3 Å². The highest BCUT2D eigenvalue weighted by atomic mass is 16.3. The minimum absolute atomic E-state index is 0.415. The molecule has 2 aliphatic rings. The lowest BCUT2D eigenvalue weighted by molar-refractivity contribution is 0.669. The van der Waals surface area contributed by atoms with Gasteiger partial charge in [-0.3, -0.25) is 0 Å². The molecule has 3 heteroatoms. The average molecular weight is 965 g/mol. The molecule has 0 bridgehead atoms. The van der Waals surface area contributed by atoms with Crippen LogP contribution >= 0.6 is 0 Å². The first-order valence-corrected chi connectivity index (χ1v) is 26.3. The quantitative estimate of drug-likeness (QED) is 0.171. The average Bonchev–Trinajstić information content (AvgIpc) is 4.34. The molecule has 1 spiro atoms. The number of fused-ring (bicyclic) bond motifs is 19. The Morgan fingerprint density at radius 3 is 1.70 bits per heavy atom. The smallest absolute Gasteiger partial charge is 0.135 e. The lowest BCUT2D eigenvalue weighted by Gasteiger charge is -2.31. The zero-order valence-electron chi connectivity index (χ0n) is 41.2. The molecule has 15 aromatic rings. The molecule has 0 fully saturated rings. The Bertz CT molecular complexity index is 4920. The lowest BCUT2D eigenvalue weighted by atomic mass is 9.70. The molecule has 0 aliphatic heterocycles. The normalized spacial score (nSPS) is 13.1. The number of para-hydroxylation sites is 2. The molecular formula is C73H44N2O. The standard InChI is InChI=1S/C73H44N2O/c1-2-19-50-45(17-1)18-15-27-51(50)53-38-39-67(57-24-4-3-20-52(53)57)74(68-32-16-33-69-72(68)59-26-8-13-31-66(59)75(69)49-37-40-71-61(44-49)58-25-9-14-34-70(58)76-71)48-36-35-46-43-65-60(42-47(46)41-48)56-23-7-12-30-64(56)73(65)62-28-10-5-21-54(62)55-22-6-11-29-63(55)73/h1-44H. The summed E-state index contributed by atoms with van der Waals surface area (Å²) in [6, 6.07) is 99.2. The van der Waals surface area contributed by atoms with Crippen LogP contribution in [0.15, 0.2) is 271 Å². The van der Waals surface area contributed by atoms with Crippen LogP contribution in [0.5, 0.6) is 0 Å². The summed E-state index contributed by atoms with van der Waals surface area (Å²) in [5, 5.41) is 11.8. The molecule has 76 heavy (non-hydrogen) atoms. The largest absolute Gasteiger partial charge is 0.456 e. The summed E-state index contributed by atoms with van der Waals surface area (Å²) >= 11 is 0. The number of hydrogen-bond donors (Lipinski definition) is 0. The summed E-state index contributed by atoms with van der Waals surface area (Å²) in [4.78, 5) is 2.53. The number of furan rings is 1. The highest BCUT2D eigenvalue weighted by Crippen LogP contribution is 2.63. The van der Waals surface area contributed by atoms with Gasteiger partial charge in [-0.05, 0) is 155 Å². The van der Waals surface area contributed by atoms with E-state index in [9.17, 15) is 0 Å². The van der Waals surface area contributed by atoms with Gasteiger partial charge in [0.05, 0.1) is 27.8 Å². The van der Waals surface area contributed by atoms with Crippen molar-refractivity contribution in [3.05, 3.63) is 289 Å². The lowest BCUT2D eigenvalue weighted by Crippen LogP contribution is -2.25. The summed E-state index contributed by atoms with van der Waals surface area (Å²) in [6.45, 7) is 0. The third-order valence-electron chi connectivity index (χ3n) is 17.0. The van der Waals surface area contributed by atoms with Gasteiger partial charge in [-0.25, -0.2) is 0 Å². The van der Waals surface area contributed by atoms with Gasteiger partial charge in [0.2, 0.25) is 0 Å². The molecule has 0 saturated heterocycles. The van der Waals surface area contributed by atoms with Crippen molar-refractivity contribution >= 4 is 93.1 Å². The molecule has 0 atom stereocenters. The fourth-order valence-corrected chi connectivity index (χ4v) is 13.9. The second kappa shape index (κ2) is 15.5. The highest BCUT2D eigenvalue weighted by Gasteiger charge is 2.51. The van der Waals surface area contributed by atoms with E-state index in [2.05, 4.69) is 270 Å². The van der Waals surface area contributed by atoms with Gasteiger partial charge in [0.1, 0.15) is 11.2 Å². The Hall–Kier alpha value is -9.96. The fourth-order valence-electron chi connectivity index (χ4n) is 13.9. The minimum atomic E-state index is -0.415. The Labute approximate surface area is 438 Å². The first kappa shape index (κ1) is 41.5. The molecule has 2 heterocycles. The van der Waals surface area contributed by atoms with Crippen LogP contribution in [0.4, 0.5) is 17.1 Å². The van der Waals surface area contributed by atoms with Crippen molar-refractivity contribution in [2.45, 2.75) is 5.41 Å². The van der Waals surface area contributed by atoms with Crippen molar-refractivity contribution in [2.24, 2.45) is 0 Å². The number of nitrogens with zero attached hydrogens (tertiary/aromatic N) is 2. The molecule has 2 aromatic heterocycles. The van der Waals surface area contributed by atoms with E-state index in [1.165, 1.54) is 98.7 Å². The van der Waals surface area contributed by atoms with E-state index in [1.54, 1.807) is 0 Å². The van der Waals surface area contributed by atoms with E-state index < -0.39 is 5.41 Å². The van der Waals surface area contributed by atoms with E-state index >= 15 is 0 Å². The molecule has 3 nitrogen and oxygen atoms in total. The van der Waals surface area contributed by atoms with Gasteiger partial charge in [0.25, 0.3) is 0 Å². The molecular weight excluding hydrogens is 921 g/mol. The van der Waals surface area contributed by atoms with E-state index in [0.29, 0.717) is 0 Å². The summed E-state index contributed by atoms with van der Waals surface area (Å²) in [5.74, 6) is 0. The third-order valence-corrected chi connectivity index (χ3v) is 17.0. The minimum Gasteiger partial charge on any atom is -0.456 e. The highest BCUT2D eigenvalue weighted by molar-refractivity contribution is 6.19. The third kappa shape index (κ3) is 5.56. The van der Waals surface area contributed by atoms with Gasteiger partial charge in [0.15, 0.2) is 0 Å². The summed E-state index contributed by atoms with van der Waals surface area (Å²) in [6.07, 6.45) is 0. The molecule has 0 radical (unpaired) electrons. The number of rotatable bonds is 5. The van der Waals surface area contributed by atoms with E-state index in [0.717, 1.165) is 55.7 Å². The van der Waals surface area contributed by atoms with Crippen LogP contribution in [0.1, 0.15) is 22.3 Å². The van der Waals surface area contributed by atoms with Gasteiger partial charge in [-0.2, -0.15) is 0 Å². The number of benzene rings is 13. The van der Waals surface area contributed by atoms with E-state index in [-0.39, 0.29) is 0 Å². The van der Waals surface area contributed by atoms with Crippen molar-refractivity contribution in [1.82, 2.24) is 4.57 Å². The summed E-state index contributed by atoms with van der Waals surface area (Å²) in [7, 11) is 0. The zero-order chi connectivity index (χ0) is 49.6. The van der Waals surface area contributed by atoms with E-state index in [4.69, 9.17) is 4.42 Å². The van der Waals surface area contributed by atoms with Crippen molar-refractivity contribution in [2.75, 3.05) is 4.90 Å². The van der Waals surface area contributed by atoms with Crippen LogP contribution in [0, 0.1) is 0 Å². The Kier molecular flexibility index (Phi) is 8.48. The molecule has 0 N–H and O–H groups in total. The predicted octanol–water partition coefficient (Wildman–Crippen LogP) is 19.6. The molecule has 352 valence electrons. The molecule has 0 amide bonds. The summed E-state index contributed by atoms with van der Waals surface area (Å²) < 4.78 is 8.79. The first-order valence-electron chi connectivity index (χ1n) is 26.3. The Morgan fingerprint density at radius 1 is 0.303 bits per heavy atom. The van der Waals surface area contributed by atoms with Crippen LogP contribution in [0.3, 0.4) is 0 Å². The second-order valence-electron chi connectivity index (χ2n) is 20.7. The van der Waals surface area contributed by atoms with Crippen LogP contribution in [0.25, 0.3) is 115 Å². The number of hydrogen-bond acceptors (Lipinski definition) is 2. The predicted molar refractivity (Wildman–Crippen MR) is 317 cm³/mol. The van der Waals surface area contributed by atoms with Crippen molar-refractivity contribution in [1.29, 1.82) is 0 Å². The first-order chi connectivity index (χ1) is 37.7. The van der Waals surface area contributed by atoms with Crippen molar-refractivity contribution in [3.8, 4) is 39.1 Å². The molecule has 0 unspecified atom stereocenters. The van der Waals surface area contributed by atoms with Crippen LogP contribution in [-0.2, 0) is 5.41 Å². The van der Waals surface area contributed by atoms with Crippen LogP contribution < -0.4 is 4.90 Å². The van der Waals surface area contributed by atoms with Gasteiger partial charge in [-0.1, -0.05) is 194 Å². The Morgan fingerprint density at radius 2 is 0.895 bits per heavy atom. The molecule has 2 aliphatic carbocycles. The number of aromatic nitrogens is 1. The maximum absolute atomic E-state index is 6.35. The van der Waals surface area contributed by atoms with Crippen molar-refractivity contribution < 1.29 is 4.42 Å². The van der Waals surface area contributed by atoms with Gasteiger partial charge < -0.3 is 13.9 Å². The van der Waals surface area contributed by atoms with Gasteiger partial charge in [-0.15, -0.1) is 0 Å². The van der Waals surface area contributed by atoms with Crippen LogP contribution in [0.2, 0.25) is 0 Å². The summed E-state index contributed by atoms with van der Waals surface area (Å²) in [5.41, 5.74) is 21.1. The number of anilines is 3. The molecule has 17 rings (SSSR count). The fraction of sp³-hybridized carbons (Fsp3) is 0.0137. The zero-order valence-corrected chi connectivity index (χ0v) is 41.2. The SMILES string of the molecule is c1ccc2c(c1)-c1ccccc1C21c2ccccc2-c2cc3cc(N(c4ccc(-c5cccc6ccccc56)c5ccccc45)c4cccc5c4c4ccccc4n5-c4ccc5oc6ccccc6c5c4)ccc3cc21. The van der Waals surface area contributed by atoms with E-state index in [1.807, 2.05) is 6.07 Å².